The molecule has 11 heteroatoms. The average molecular weight is 439 g/mol. The highest BCUT2D eigenvalue weighted by atomic mass is 19.4. The number of nitrogens with zero attached hydrogens (tertiary/aromatic N) is 5. The fourth-order valence-electron chi connectivity index (χ4n) is 3.15. The van der Waals surface area contributed by atoms with E-state index in [0.717, 1.165) is 0 Å². The van der Waals surface area contributed by atoms with Gasteiger partial charge in [0.05, 0.1) is 37.2 Å². The molecule has 3 rings (SSSR count). The van der Waals surface area contributed by atoms with E-state index in [2.05, 4.69) is 19.9 Å². The van der Waals surface area contributed by atoms with Gasteiger partial charge in [0, 0.05) is 19.7 Å². The van der Waals surface area contributed by atoms with Crippen molar-refractivity contribution in [1.29, 1.82) is 0 Å². The summed E-state index contributed by atoms with van der Waals surface area (Å²) >= 11 is 0. The van der Waals surface area contributed by atoms with Gasteiger partial charge in [0.1, 0.15) is 11.6 Å². The number of benzene rings is 1. The highest BCUT2D eigenvalue weighted by molar-refractivity contribution is 5.52. The number of aromatic nitrogens is 5. The third-order valence-corrected chi connectivity index (χ3v) is 4.38. The number of methoxy groups -OCH3 is 1. The Morgan fingerprint density at radius 1 is 1.13 bits per heavy atom. The predicted octanol–water partition coefficient (Wildman–Crippen LogP) is 3.24. The summed E-state index contributed by atoms with van der Waals surface area (Å²) in [4.78, 5) is 4.65. The van der Waals surface area contributed by atoms with Gasteiger partial charge in [-0.3, -0.25) is 4.68 Å². The van der Waals surface area contributed by atoms with Gasteiger partial charge < -0.3 is 14.6 Å². The maximum absolute atomic E-state index is 12.5. The third-order valence-electron chi connectivity index (χ3n) is 4.38. The molecule has 0 aliphatic carbocycles. The summed E-state index contributed by atoms with van der Waals surface area (Å²) in [6, 6.07) is 5.43. The predicted molar refractivity (Wildman–Crippen MR) is 106 cm³/mol. The van der Waals surface area contributed by atoms with Gasteiger partial charge in [-0.15, -0.1) is 18.3 Å². The van der Waals surface area contributed by atoms with Gasteiger partial charge in [-0.25, -0.2) is 9.67 Å². The molecule has 1 N–H and O–H groups in total. The Bertz CT molecular complexity index is 996. The lowest BCUT2D eigenvalue weighted by Gasteiger charge is -2.23. The third kappa shape index (κ3) is 6.05. The SMILES string of the molecule is COCC(C)(C)Cc1nc(-c2cnn(CCO)c2)nn1-c1ccc(OC(F)(F)F)cc1. The van der Waals surface area contributed by atoms with Crippen LogP contribution < -0.4 is 4.74 Å². The molecule has 0 fully saturated rings. The molecule has 0 amide bonds. The first kappa shape index (κ1) is 22.8. The van der Waals surface area contributed by atoms with Crippen molar-refractivity contribution in [2.24, 2.45) is 5.41 Å². The summed E-state index contributed by atoms with van der Waals surface area (Å²) in [7, 11) is 1.62. The molecule has 3 aromatic rings. The molecule has 0 spiro atoms. The Balaban J connectivity index is 1.97. The summed E-state index contributed by atoms with van der Waals surface area (Å²) in [6.45, 7) is 4.83. The van der Waals surface area contributed by atoms with E-state index in [0.29, 0.717) is 42.5 Å². The molecule has 0 saturated heterocycles. The largest absolute Gasteiger partial charge is 0.573 e. The second kappa shape index (κ2) is 9.06. The zero-order chi connectivity index (χ0) is 22.6. The molecule has 0 unspecified atom stereocenters. The minimum Gasteiger partial charge on any atom is -0.406 e. The van der Waals surface area contributed by atoms with Gasteiger partial charge in [0.2, 0.25) is 0 Å². The highest BCUT2D eigenvalue weighted by Gasteiger charge is 2.31. The molecule has 1 aromatic carbocycles. The zero-order valence-electron chi connectivity index (χ0n) is 17.4. The Morgan fingerprint density at radius 3 is 2.45 bits per heavy atom. The first-order chi connectivity index (χ1) is 14.6. The maximum Gasteiger partial charge on any atom is 0.573 e. The fourth-order valence-corrected chi connectivity index (χ4v) is 3.15. The smallest absolute Gasteiger partial charge is 0.406 e. The van der Waals surface area contributed by atoms with E-state index in [-0.39, 0.29) is 17.8 Å². The molecule has 168 valence electrons. The van der Waals surface area contributed by atoms with Crippen molar-refractivity contribution < 1.29 is 27.8 Å². The Kier molecular flexibility index (Phi) is 6.65. The van der Waals surface area contributed by atoms with Gasteiger partial charge >= 0.3 is 6.36 Å². The van der Waals surface area contributed by atoms with E-state index in [1.54, 1.807) is 28.9 Å². The second-order valence-corrected chi connectivity index (χ2v) is 7.79. The monoisotopic (exact) mass is 439 g/mol. The molecule has 8 nitrogen and oxygen atoms in total. The van der Waals surface area contributed by atoms with Crippen molar-refractivity contribution in [1.82, 2.24) is 24.5 Å². The standard InChI is InChI=1S/C20H24F3N5O3/c1-19(2,13-30-3)10-17-25-18(14-11-24-27(12-14)8-9-29)26-28(17)15-4-6-16(7-5-15)31-20(21,22)23/h4-7,11-12,29H,8-10,13H2,1-3H3. The van der Waals surface area contributed by atoms with Crippen LogP contribution in [-0.2, 0) is 17.7 Å². The van der Waals surface area contributed by atoms with Gasteiger partial charge in [-0.1, -0.05) is 13.8 Å². The number of hydrogen-bond acceptors (Lipinski definition) is 6. The van der Waals surface area contributed by atoms with E-state index in [9.17, 15) is 13.2 Å². The molecule has 0 aliphatic heterocycles. The van der Waals surface area contributed by atoms with Crippen molar-refractivity contribution in [3.8, 4) is 22.8 Å². The van der Waals surface area contributed by atoms with E-state index in [4.69, 9.17) is 9.84 Å². The van der Waals surface area contributed by atoms with Gasteiger partial charge in [0.15, 0.2) is 5.82 Å². The van der Waals surface area contributed by atoms with Crippen molar-refractivity contribution in [2.45, 2.75) is 33.2 Å². The van der Waals surface area contributed by atoms with E-state index in [1.807, 2.05) is 13.8 Å². The quantitative estimate of drug-likeness (QED) is 0.551. The molecular weight excluding hydrogens is 415 g/mol. The summed E-state index contributed by atoms with van der Waals surface area (Å²) < 4.78 is 49.8. The summed E-state index contributed by atoms with van der Waals surface area (Å²) in [6.07, 6.45) is -0.925. The molecule has 31 heavy (non-hydrogen) atoms. The Hall–Kier alpha value is -2.92. The van der Waals surface area contributed by atoms with Crippen LogP contribution in [0, 0.1) is 5.41 Å². The van der Waals surface area contributed by atoms with E-state index in [1.165, 1.54) is 24.3 Å². The van der Waals surface area contributed by atoms with Gasteiger partial charge in [0.25, 0.3) is 0 Å². The lowest BCUT2D eigenvalue weighted by molar-refractivity contribution is -0.274. The Morgan fingerprint density at radius 2 is 1.84 bits per heavy atom. The van der Waals surface area contributed by atoms with Crippen LogP contribution in [0.1, 0.15) is 19.7 Å². The summed E-state index contributed by atoms with van der Waals surface area (Å²) in [5.74, 6) is 0.725. The lowest BCUT2D eigenvalue weighted by atomic mass is 9.90. The molecule has 0 bridgehead atoms. The molecule has 0 radical (unpaired) electrons. The van der Waals surface area contributed by atoms with Crippen LogP contribution >= 0.6 is 0 Å². The van der Waals surface area contributed by atoms with Crippen LogP contribution in [0.2, 0.25) is 0 Å². The normalized spacial score (nSPS) is 12.4. The second-order valence-electron chi connectivity index (χ2n) is 7.79. The van der Waals surface area contributed by atoms with Crippen molar-refractivity contribution in [2.75, 3.05) is 20.3 Å². The van der Waals surface area contributed by atoms with Crippen LogP contribution in [0.4, 0.5) is 13.2 Å². The zero-order valence-corrected chi connectivity index (χ0v) is 17.4. The molecule has 0 aliphatic rings. The Labute approximate surface area is 177 Å². The first-order valence-electron chi connectivity index (χ1n) is 9.55. The number of aliphatic hydroxyl groups is 1. The van der Waals surface area contributed by atoms with E-state index >= 15 is 0 Å². The van der Waals surface area contributed by atoms with Crippen LogP contribution in [0.25, 0.3) is 17.1 Å². The summed E-state index contributed by atoms with van der Waals surface area (Å²) in [5.41, 5.74) is 0.950. The lowest BCUT2D eigenvalue weighted by Crippen LogP contribution is -2.23. The van der Waals surface area contributed by atoms with Crippen LogP contribution in [0.5, 0.6) is 5.75 Å². The first-order valence-corrected chi connectivity index (χ1v) is 9.55. The number of aliphatic hydroxyl groups excluding tert-OH is 1. The number of hydrogen-bond donors (Lipinski definition) is 1. The maximum atomic E-state index is 12.5. The highest BCUT2D eigenvalue weighted by Crippen LogP contribution is 2.27. The molecule has 0 saturated carbocycles. The van der Waals surface area contributed by atoms with Crippen LogP contribution in [0.3, 0.4) is 0 Å². The number of ether oxygens (including phenoxy) is 2. The average Bonchev–Trinajstić information content (AvgIpc) is 3.28. The van der Waals surface area contributed by atoms with Crippen LogP contribution in [-0.4, -0.2) is 56.3 Å². The topological polar surface area (TPSA) is 87.2 Å². The number of alkyl halides is 3. The molecule has 0 atom stereocenters. The van der Waals surface area contributed by atoms with E-state index < -0.39 is 6.36 Å². The minimum absolute atomic E-state index is 0.0498. The molecular formula is C20H24F3N5O3. The van der Waals surface area contributed by atoms with Crippen molar-refractivity contribution >= 4 is 0 Å². The van der Waals surface area contributed by atoms with Gasteiger partial charge in [-0.05, 0) is 29.7 Å². The molecule has 2 heterocycles. The van der Waals surface area contributed by atoms with Crippen molar-refractivity contribution in [3.63, 3.8) is 0 Å². The minimum atomic E-state index is -4.76. The summed E-state index contributed by atoms with van der Waals surface area (Å²) in [5, 5.41) is 17.8. The number of rotatable bonds is 9. The van der Waals surface area contributed by atoms with Crippen LogP contribution in [0.15, 0.2) is 36.7 Å². The van der Waals surface area contributed by atoms with Gasteiger partial charge in [-0.2, -0.15) is 5.10 Å². The molecule has 2 aromatic heterocycles. The fraction of sp³-hybridized carbons (Fsp3) is 0.450. The van der Waals surface area contributed by atoms with Crippen molar-refractivity contribution in [3.05, 3.63) is 42.5 Å². The number of halogens is 3.